The first kappa shape index (κ1) is 21.8. The summed E-state index contributed by atoms with van der Waals surface area (Å²) in [6.45, 7) is 5.25. The number of nitrogens with one attached hydrogen (secondary N) is 2. The molecular weight excluding hydrogens is 377 g/mol. The van der Waals surface area contributed by atoms with E-state index in [4.69, 9.17) is 4.84 Å². The molecule has 1 unspecified atom stereocenters. The van der Waals surface area contributed by atoms with Gasteiger partial charge in [-0.1, -0.05) is 0 Å². The highest BCUT2D eigenvalue weighted by Crippen LogP contribution is 2.19. The van der Waals surface area contributed by atoms with Crippen LogP contribution in [0.15, 0.2) is 0 Å². The highest BCUT2D eigenvalue weighted by atomic mass is 16.8. The van der Waals surface area contributed by atoms with Crippen LogP contribution in [0.2, 0.25) is 0 Å². The summed E-state index contributed by atoms with van der Waals surface area (Å²) < 4.78 is 0. The Morgan fingerprint density at radius 1 is 1.07 bits per heavy atom. The Morgan fingerprint density at radius 2 is 1.71 bits per heavy atom. The molecule has 0 radical (unpaired) electrons. The second-order valence-corrected chi connectivity index (χ2v) is 7.18. The third kappa shape index (κ3) is 6.01. The molecule has 2 N–H and O–H groups in total. The predicted molar refractivity (Wildman–Crippen MR) is 97.3 cm³/mol. The van der Waals surface area contributed by atoms with Crippen molar-refractivity contribution >= 4 is 29.6 Å². The summed E-state index contributed by atoms with van der Waals surface area (Å²) >= 11 is 0. The van der Waals surface area contributed by atoms with Crippen molar-refractivity contribution in [2.45, 2.75) is 64.5 Å². The van der Waals surface area contributed by atoms with Crippen molar-refractivity contribution in [3.05, 3.63) is 0 Å². The first-order chi connectivity index (χ1) is 13.3. The molecule has 0 spiro atoms. The minimum Gasteiger partial charge on any atom is -0.355 e. The maximum atomic E-state index is 12.3. The molecule has 156 valence electrons. The van der Waals surface area contributed by atoms with Gasteiger partial charge in [0.05, 0.1) is 12.5 Å². The van der Waals surface area contributed by atoms with Gasteiger partial charge in [0, 0.05) is 38.4 Å². The highest BCUT2D eigenvalue weighted by molar-refractivity contribution is 6.01. The van der Waals surface area contributed by atoms with E-state index < -0.39 is 17.8 Å². The number of likely N-dealkylation sites (tertiary alicyclic amines) is 1. The van der Waals surface area contributed by atoms with Crippen LogP contribution in [0, 0.1) is 0 Å². The first-order valence-electron chi connectivity index (χ1n) is 9.66. The monoisotopic (exact) mass is 405 g/mol. The van der Waals surface area contributed by atoms with Gasteiger partial charge < -0.3 is 15.5 Å². The van der Waals surface area contributed by atoms with Crippen LogP contribution in [0.25, 0.3) is 0 Å². The van der Waals surface area contributed by atoms with Gasteiger partial charge in [-0.05, 0) is 33.2 Å². The molecule has 2 rings (SSSR count). The molecule has 10 nitrogen and oxygen atoms in total. The van der Waals surface area contributed by atoms with E-state index in [2.05, 4.69) is 29.4 Å². The largest absolute Gasteiger partial charge is 0.355 e. The molecule has 2 heterocycles. The van der Waals surface area contributed by atoms with Gasteiger partial charge in [0.1, 0.15) is 0 Å². The van der Waals surface area contributed by atoms with Crippen LogP contribution in [0.4, 0.5) is 0 Å². The standard InChI is InChI=1S/C18H28N4O6/c1-12(2)21-11-3-4-13(21)18(27)20-9-7-14(23)19-10-8-17(26)28-22-15(24)5-6-16(22)25/h12-13H,3-11H2,1-2H3,(H,19,23)(H,20,27)/i1+1,2+1,3+1,4+1,11+1,13+1,17+1,19+1,20+1. The molecule has 2 aliphatic heterocycles. The van der Waals surface area contributed by atoms with E-state index in [9.17, 15) is 24.0 Å². The Morgan fingerprint density at radius 3 is 2.36 bits per heavy atom. The lowest BCUT2D eigenvalue weighted by atomic mass is 10.4. The zero-order valence-corrected chi connectivity index (χ0v) is 16.4. The Hall–Kier alpha value is -2.49. The minimum absolute atomic E-state index is 0.0194. The number of nitrogens with zero attached hydrogens (tertiary/aromatic N) is 2. The Balaban J connectivity index is 1.58. The molecule has 0 aliphatic carbocycles. The van der Waals surface area contributed by atoms with Crippen LogP contribution in [0.3, 0.4) is 0 Å². The molecule has 0 aromatic rings. The van der Waals surface area contributed by atoms with Crippen LogP contribution in [0.1, 0.15) is 52.4 Å². The van der Waals surface area contributed by atoms with Gasteiger partial charge in [0.25, 0.3) is 11.8 Å². The Bertz CT molecular complexity index is 620. The molecule has 2 aliphatic rings. The predicted octanol–water partition coefficient (Wildman–Crippen LogP) is -0.521. The van der Waals surface area contributed by atoms with Crippen molar-refractivity contribution in [1.82, 2.24) is 20.6 Å². The van der Waals surface area contributed by atoms with Crippen molar-refractivity contribution in [2.75, 3.05) is 19.6 Å². The average Bonchev–Trinajstić information content (AvgIpc) is 3.24. The summed E-state index contributed by atoms with van der Waals surface area (Å²) in [6, 6.07) is 0.154. The van der Waals surface area contributed by atoms with Gasteiger partial charge >= 0.3 is 5.97 Å². The normalized spacial score (nSPS) is 20.0. The number of carbonyl (C=O) groups is 5. The highest BCUT2D eigenvalue weighted by Gasteiger charge is 2.33. The quantitative estimate of drug-likeness (QED) is 0.300. The Labute approximate surface area is 163 Å². The van der Waals surface area contributed by atoms with Crippen molar-refractivity contribution in [2.24, 2.45) is 0 Å². The van der Waals surface area contributed by atoms with Gasteiger partial charge in [-0.3, -0.25) is 24.1 Å². The van der Waals surface area contributed by atoms with E-state index in [1.165, 1.54) is 0 Å². The fourth-order valence-corrected chi connectivity index (χ4v) is 3.30. The number of carbonyl (C=O) groups excluding carboxylic acids is 5. The van der Waals surface area contributed by atoms with Gasteiger partial charge in [0.2, 0.25) is 11.8 Å². The lowest BCUT2D eigenvalue weighted by molar-refractivity contribution is -0.197. The van der Waals surface area contributed by atoms with Gasteiger partial charge in [-0.2, -0.15) is 0 Å². The zero-order chi connectivity index (χ0) is 20.7. The van der Waals surface area contributed by atoms with Crippen LogP contribution in [0.5, 0.6) is 0 Å². The summed E-state index contributed by atoms with van der Waals surface area (Å²) in [5.74, 6) is -2.24. The lowest BCUT2D eigenvalue weighted by Crippen LogP contribution is -2.46. The number of amides is 4. The maximum absolute atomic E-state index is 12.3. The molecule has 2 fully saturated rings. The van der Waals surface area contributed by atoms with Gasteiger partial charge in [-0.25, -0.2) is 4.79 Å². The molecule has 28 heavy (non-hydrogen) atoms. The van der Waals surface area contributed by atoms with Crippen molar-refractivity contribution in [3.63, 3.8) is 0 Å². The molecule has 10 heteroatoms. The van der Waals surface area contributed by atoms with E-state index in [0.29, 0.717) is 11.1 Å². The lowest BCUT2D eigenvalue weighted by Gasteiger charge is -2.27. The summed E-state index contributed by atoms with van der Waals surface area (Å²) in [5.41, 5.74) is 0. The number of hydroxylamine groups is 2. The first-order valence-corrected chi connectivity index (χ1v) is 9.66. The SMILES string of the molecule is [13CH3]C([13CH3])N1[13CH2][13CH2][13CH2][13CH]1C(=O)[15NH]CCC(=O)[15NH]CC[13C](=O)ON1C(=O)CCC1=O. The van der Waals surface area contributed by atoms with E-state index in [-0.39, 0.29) is 56.6 Å². The van der Waals surface area contributed by atoms with Crippen molar-refractivity contribution in [3.8, 4) is 0 Å². The van der Waals surface area contributed by atoms with Crippen LogP contribution in [-0.4, -0.2) is 71.3 Å². The number of imide groups is 1. The fraction of sp³-hybridized carbons (Fsp3) is 0.722. The number of hydrogen-bond acceptors (Lipinski definition) is 7. The molecule has 0 bridgehead atoms. The summed E-state index contributed by atoms with van der Waals surface area (Å²) in [4.78, 5) is 65.2. The van der Waals surface area contributed by atoms with E-state index in [1.807, 2.05) is 0 Å². The summed E-state index contributed by atoms with van der Waals surface area (Å²) in [7, 11) is 0. The molecular formula is C18H28N4O6. The summed E-state index contributed by atoms with van der Waals surface area (Å²) in [5, 5.41) is 5.80. The topological polar surface area (TPSA) is 125 Å². The molecule has 0 aromatic heterocycles. The minimum atomic E-state index is -0.771. The fourth-order valence-electron chi connectivity index (χ4n) is 3.30. The van der Waals surface area contributed by atoms with Gasteiger partial charge in [0.15, 0.2) is 0 Å². The molecule has 2 saturated heterocycles. The van der Waals surface area contributed by atoms with Gasteiger partial charge in [-0.15, -0.1) is 5.06 Å². The molecule has 0 saturated carbocycles. The average molecular weight is 405 g/mol. The van der Waals surface area contributed by atoms with E-state index in [1.54, 1.807) is 0 Å². The smallest absolute Gasteiger partial charge is 0.334 e. The second kappa shape index (κ2) is 10.2. The second-order valence-electron chi connectivity index (χ2n) is 7.18. The maximum Gasteiger partial charge on any atom is 0.334 e. The van der Waals surface area contributed by atoms with Crippen molar-refractivity contribution < 1.29 is 28.8 Å². The van der Waals surface area contributed by atoms with E-state index >= 15 is 0 Å². The zero-order valence-electron chi connectivity index (χ0n) is 16.4. The summed E-state index contributed by atoms with van der Waals surface area (Å²) in [6.07, 6.45) is 1.80. The molecule has 1 atom stereocenters. The van der Waals surface area contributed by atoms with Crippen molar-refractivity contribution in [1.29, 1.82) is 0 Å². The van der Waals surface area contributed by atoms with Crippen LogP contribution < -0.4 is 10.6 Å². The third-order valence-electron chi connectivity index (χ3n) is 4.76. The Kier molecular flexibility index (Phi) is 7.91. The molecule has 4 amide bonds. The van der Waals surface area contributed by atoms with Crippen LogP contribution in [-0.2, 0) is 28.8 Å². The number of hydrogen-bond donors (Lipinski definition) is 2. The molecule has 0 aromatic carbocycles. The van der Waals surface area contributed by atoms with Crippen LogP contribution >= 0.6 is 0 Å². The number of rotatable bonds is 9. The van der Waals surface area contributed by atoms with E-state index in [0.717, 1.165) is 19.4 Å². The third-order valence-corrected chi connectivity index (χ3v) is 4.76.